The van der Waals surface area contributed by atoms with Gasteiger partial charge in [-0.2, -0.15) is 0 Å². The van der Waals surface area contributed by atoms with E-state index in [4.69, 9.17) is 34.6 Å². The first kappa shape index (κ1) is 61.5. The number of hydrogen-bond acceptors (Lipinski definition) is 17. The highest BCUT2D eigenvalue weighted by Gasteiger charge is 2.32. The molecule has 0 spiro atoms. The number of carboxylic acid groups (broad SMARTS) is 2. The molecular weight excluding hydrogens is 1130 g/mol. The summed E-state index contributed by atoms with van der Waals surface area (Å²) in [5, 5.41) is 21.8. The molecule has 79 heavy (non-hydrogen) atoms. The Morgan fingerprint density at radius 3 is 1.87 bits per heavy atom. The molecule has 22 nitrogen and oxygen atoms in total. The topological polar surface area (TPSA) is 248 Å². The minimum atomic E-state index is -0.956. The van der Waals surface area contributed by atoms with E-state index in [9.17, 15) is 29.4 Å². The second-order valence-corrected chi connectivity index (χ2v) is 21.5. The molecule has 0 saturated carbocycles. The molecule has 3 fully saturated rings. The number of amides is 2. The van der Waals surface area contributed by atoms with Gasteiger partial charge in [-0.1, -0.05) is 13.0 Å². The van der Waals surface area contributed by atoms with Crippen LogP contribution >= 0.6 is 22.6 Å². The number of imidazole rings is 1. The number of nitrogens with zero attached hydrogens (tertiary/aromatic N) is 9. The number of aromatic amines is 1. The number of aromatic nitrogens is 3. The van der Waals surface area contributed by atoms with Gasteiger partial charge >= 0.3 is 11.9 Å². The molecule has 0 aliphatic carbocycles. The maximum absolute atomic E-state index is 15.0. The first-order valence-corrected chi connectivity index (χ1v) is 28.7. The molecule has 0 atom stereocenters. The zero-order valence-corrected chi connectivity index (χ0v) is 48.0. The van der Waals surface area contributed by atoms with Gasteiger partial charge in [-0.3, -0.25) is 33.9 Å². The number of piperidine rings is 1. The van der Waals surface area contributed by atoms with E-state index >= 15 is 4.39 Å². The van der Waals surface area contributed by atoms with Crippen molar-refractivity contribution < 1.29 is 52.7 Å². The fourth-order valence-electron chi connectivity index (χ4n) is 10.1. The molecule has 0 bridgehead atoms. The number of likely N-dealkylation sites (N-methyl/N-ethyl adjacent to an activating group) is 1. The Morgan fingerprint density at radius 1 is 0.722 bits per heavy atom. The first-order chi connectivity index (χ1) is 38.2. The molecule has 4 aromatic rings. The number of benzene rings is 2. The Morgan fingerprint density at radius 2 is 1.29 bits per heavy atom. The van der Waals surface area contributed by atoms with E-state index in [1.54, 1.807) is 11.0 Å². The van der Waals surface area contributed by atoms with Gasteiger partial charge in [0.15, 0.2) is 0 Å². The monoisotopic (exact) mass is 1210 g/mol. The van der Waals surface area contributed by atoms with Crippen LogP contribution in [-0.2, 0) is 38.1 Å². The summed E-state index contributed by atoms with van der Waals surface area (Å²) < 4.78 is 38.8. The molecule has 434 valence electrons. The summed E-state index contributed by atoms with van der Waals surface area (Å²) in [5.41, 5.74) is 12.3. The van der Waals surface area contributed by atoms with Gasteiger partial charge in [0.25, 0.3) is 0 Å². The van der Waals surface area contributed by atoms with Crippen LogP contribution in [0.2, 0.25) is 0 Å². The number of carbonyl (C=O) groups excluding carboxylic acids is 2. The van der Waals surface area contributed by atoms with Gasteiger partial charge in [-0.05, 0) is 90.4 Å². The molecule has 0 unspecified atom stereocenters. The highest BCUT2D eigenvalue weighted by molar-refractivity contribution is 14.1. The Labute approximate surface area is 476 Å². The van der Waals surface area contributed by atoms with Crippen molar-refractivity contribution >= 4 is 68.9 Å². The molecule has 6 N–H and O–H groups in total. The fourth-order valence-corrected chi connectivity index (χ4v) is 10.6. The number of aryl methyl sites for hydroxylation is 1. The van der Waals surface area contributed by atoms with Crippen LogP contribution < -0.4 is 20.9 Å². The van der Waals surface area contributed by atoms with E-state index in [-0.39, 0.29) is 56.3 Å². The molecule has 2 aromatic heterocycles. The number of rotatable bonds is 26. The van der Waals surface area contributed by atoms with E-state index in [0.717, 1.165) is 80.8 Å². The molecule has 5 heterocycles. The number of carboxylic acids is 2. The maximum Gasteiger partial charge on any atom is 0.317 e. The van der Waals surface area contributed by atoms with Crippen molar-refractivity contribution in [3.8, 4) is 22.5 Å². The third kappa shape index (κ3) is 19.5. The second-order valence-electron chi connectivity index (χ2n) is 20.3. The molecular formula is C55H80FIN12O10. The Bertz CT molecular complexity index is 2580. The minimum Gasteiger partial charge on any atom is -0.480 e. The number of hydrogen-bond donors (Lipinski definition) is 5. The summed E-state index contributed by atoms with van der Waals surface area (Å²) in [4.78, 5) is 77.5. The van der Waals surface area contributed by atoms with Crippen LogP contribution in [0.25, 0.3) is 33.5 Å². The molecule has 0 radical (unpaired) electrons. The smallest absolute Gasteiger partial charge is 0.317 e. The van der Waals surface area contributed by atoms with E-state index < -0.39 is 11.9 Å². The summed E-state index contributed by atoms with van der Waals surface area (Å²) in [6.07, 6.45) is 3.75. The lowest BCUT2D eigenvalue weighted by molar-refractivity contribution is -0.140. The number of aliphatic carboxylic acids is 2. The van der Waals surface area contributed by atoms with Gasteiger partial charge < -0.3 is 64.8 Å². The Hall–Kier alpha value is -5.16. The van der Waals surface area contributed by atoms with Crippen molar-refractivity contribution in [1.82, 2.24) is 44.8 Å². The van der Waals surface area contributed by atoms with Gasteiger partial charge in [0, 0.05) is 120 Å². The molecule has 2 amide bonds. The molecule has 2 aromatic carbocycles. The predicted molar refractivity (Wildman–Crippen MR) is 308 cm³/mol. The number of nitrogens with one attached hydrogen (secondary N) is 2. The normalized spacial score (nSPS) is 17.3. The average Bonchev–Trinajstić information content (AvgIpc) is 4.14. The van der Waals surface area contributed by atoms with Gasteiger partial charge in [-0.15, -0.1) is 0 Å². The molecule has 3 saturated heterocycles. The number of carbonyl (C=O) groups is 4. The SMILES string of the molecule is CCN1CCN(CC(=O)O)CCN(CC(=O)O)CCN(CC(=O)NCCOCCOCCOCCOCCC(=O)N2CCN(c3ncc(-c4cc(C)cc(F)c4)c(N4CCC(N)CC4)c3-c3nc4cc(I)ccc4[nH]3)CC2)CC1. The van der Waals surface area contributed by atoms with Crippen molar-refractivity contribution in [2.75, 3.05) is 187 Å². The number of piperazine rings is 1. The van der Waals surface area contributed by atoms with Crippen LogP contribution in [0.4, 0.5) is 15.9 Å². The summed E-state index contributed by atoms with van der Waals surface area (Å²) in [7, 11) is 0. The van der Waals surface area contributed by atoms with Gasteiger partial charge in [0.2, 0.25) is 11.8 Å². The van der Waals surface area contributed by atoms with Crippen LogP contribution in [0, 0.1) is 16.3 Å². The lowest BCUT2D eigenvalue weighted by Gasteiger charge is -2.39. The molecule has 3 aliphatic heterocycles. The van der Waals surface area contributed by atoms with Crippen LogP contribution in [0.15, 0.2) is 42.6 Å². The number of nitrogens with two attached hydrogens (primary N) is 1. The second kappa shape index (κ2) is 31.7. The van der Waals surface area contributed by atoms with Crippen molar-refractivity contribution in [1.29, 1.82) is 0 Å². The first-order valence-electron chi connectivity index (χ1n) is 27.6. The third-order valence-electron chi connectivity index (χ3n) is 14.5. The Kier molecular flexibility index (Phi) is 24.7. The summed E-state index contributed by atoms with van der Waals surface area (Å²) in [5.74, 6) is -0.866. The number of pyridine rings is 1. The number of anilines is 2. The molecule has 24 heteroatoms. The van der Waals surface area contributed by atoms with Gasteiger partial charge in [0.05, 0.1) is 101 Å². The zero-order valence-electron chi connectivity index (χ0n) is 45.9. The molecule has 3 aliphatic rings. The quantitative estimate of drug-likeness (QED) is 0.0448. The van der Waals surface area contributed by atoms with Gasteiger partial charge in [0.1, 0.15) is 17.5 Å². The highest BCUT2D eigenvalue weighted by atomic mass is 127. The maximum atomic E-state index is 15.0. The van der Waals surface area contributed by atoms with Crippen LogP contribution in [0.5, 0.6) is 0 Å². The van der Waals surface area contributed by atoms with Crippen molar-refractivity contribution in [3.63, 3.8) is 0 Å². The van der Waals surface area contributed by atoms with E-state index in [2.05, 4.69) is 54.5 Å². The van der Waals surface area contributed by atoms with Crippen molar-refractivity contribution in [2.45, 2.75) is 39.2 Å². The van der Waals surface area contributed by atoms with Crippen LogP contribution in [0.3, 0.4) is 0 Å². The van der Waals surface area contributed by atoms with Gasteiger partial charge in [-0.25, -0.2) is 14.4 Å². The summed E-state index contributed by atoms with van der Waals surface area (Å²) in [6.45, 7) is 15.6. The summed E-state index contributed by atoms with van der Waals surface area (Å²) >= 11 is 2.29. The summed E-state index contributed by atoms with van der Waals surface area (Å²) in [6, 6.07) is 11.3. The van der Waals surface area contributed by atoms with E-state index in [0.29, 0.717) is 137 Å². The number of fused-ring (bicyclic) bond motifs is 1. The standard InChI is InChI=1S/C55H80FIN12O10/c1-3-63-12-14-64(16-17-66(39-51(74)75)19-18-65(15-13-63)38-50(72)73)37-48(70)59-9-25-77-27-29-79-31-30-78-28-26-76-24-8-49(71)67-20-22-69(23-21-67)55-52(54-61-46-5-4-43(57)35-47(46)62-54)53(68-10-6-44(58)7-11-68)45(36-60-55)41-32-40(2)33-42(56)34-41/h4-5,32-36,44H,3,6-31,37-39,58H2,1-2H3,(H,59,70)(H,61,62)(H,72,73)(H,74,75). The lowest BCUT2D eigenvalue weighted by atomic mass is 9.96. The molecule has 7 rings (SSSR count). The Balaban J connectivity index is 0.778. The largest absolute Gasteiger partial charge is 0.480 e. The number of ether oxygens (including phenoxy) is 4. The number of H-pyrrole nitrogens is 1. The average molecular weight is 1220 g/mol. The predicted octanol–water partition coefficient (Wildman–Crippen LogP) is 2.90. The third-order valence-corrected chi connectivity index (χ3v) is 15.1. The fraction of sp³-hybridized carbons (Fsp3) is 0.600. The van der Waals surface area contributed by atoms with Crippen molar-refractivity contribution in [2.24, 2.45) is 5.73 Å². The number of halogens is 2. The van der Waals surface area contributed by atoms with E-state index in [1.165, 1.54) is 6.07 Å². The lowest BCUT2D eigenvalue weighted by Crippen LogP contribution is -2.49. The zero-order chi connectivity index (χ0) is 56.1. The van der Waals surface area contributed by atoms with Crippen LogP contribution in [-0.4, -0.2) is 257 Å². The van der Waals surface area contributed by atoms with Crippen molar-refractivity contribution in [3.05, 3.63) is 57.5 Å². The highest BCUT2D eigenvalue weighted by Crippen LogP contribution is 2.45. The van der Waals surface area contributed by atoms with E-state index in [1.807, 2.05) is 52.1 Å². The van der Waals surface area contributed by atoms with Crippen LogP contribution in [0.1, 0.15) is 31.7 Å². The minimum absolute atomic E-state index is 0.0208.